The first kappa shape index (κ1) is 16.7. The van der Waals surface area contributed by atoms with Crippen molar-refractivity contribution in [1.29, 1.82) is 0 Å². The number of rotatable bonds is 3. The van der Waals surface area contributed by atoms with E-state index in [-0.39, 0.29) is 11.7 Å². The third-order valence-electron chi connectivity index (χ3n) is 5.18. The summed E-state index contributed by atoms with van der Waals surface area (Å²) in [5.41, 5.74) is 1.76. The summed E-state index contributed by atoms with van der Waals surface area (Å²) in [6.07, 6.45) is 9.53. The van der Waals surface area contributed by atoms with Crippen LogP contribution in [0.5, 0.6) is 0 Å². The summed E-state index contributed by atoms with van der Waals surface area (Å²) in [5, 5.41) is 7.35. The highest BCUT2D eigenvalue weighted by Gasteiger charge is 2.38. The van der Waals surface area contributed by atoms with Crippen LogP contribution in [-0.4, -0.2) is 20.5 Å². The summed E-state index contributed by atoms with van der Waals surface area (Å²) >= 11 is 0. The molecule has 0 spiro atoms. The maximum Gasteiger partial charge on any atom is 0.257 e. The van der Waals surface area contributed by atoms with E-state index in [2.05, 4.69) is 15.4 Å². The van der Waals surface area contributed by atoms with Crippen molar-refractivity contribution in [2.24, 2.45) is 0 Å². The molecule has 2 heterocycles. The second-order valence-electron chi connectivity index (χ2n) is 7.03. The Morgan fingerprint density at radius 1 is 1.19 bits per heavy atom. The van der Waals surface area contributed by atoms with Gasteiger partial charge >= 0.3 is 0 Å². The van der Waals surface area contributed by atoms with Crippen molar-refractivity contribution in [3.63, 3.8) is 0 Å². The number of halogens is 1. The lowest BCUT2D eigenvalue weighted by molar-refractivity contribution is 0.0864. The molecule has 26 heavy (non-hydrogen) atoms. The van der Waals surface area contributed by atoms with E-state index < -0.39 is 5.54 Å². The van der Waals surface area contributed by atoms with Crippen molar-refractivity contribution in [3.05, 3.63) is 65.4 Å². The quantitative estimate of drug-likeness (QED) is 0.781. The summed E-state index contributed by atoms with van der Waals surface area (Å²) in [6.45, 7) is 1.92. The Hall–Kier alpha value is -2.76. The van der Waals surface area contributed by atoms with Gasteiger partial charge in [0, 0.05) is 18.0 Å². The molecule has 0 aliphatic heterocycles. The number of benzene rings is 1. The van der Waals surface area contributed by atoms with Crippen LogP contribution in [-0.2, 0) is 5.54 Å². The van der Waals surface area contributed by atoms with Gasteiger partial charge in [-0.2, -0.15) is 5.10 Å². The third kappa shape index (κ3) is 2.85. The van der Waals surface area contributed by atoms with Crippen molar-refractivity contribution < 1.29 is 9.18 Å². The van der Waals surface area contributed by atoms with E-state index in [0.29, 0.717) is 16.8 Å². The van der Waals surface area contributed by atoms with Crippen LogP contribution >= 0.6 is 0 Å². The van der Waals surface area contributed by atoms with E-state index >= 15 is 0 Å². The molecule has 0 atom stereocenters. The van der Waals surface area contributed by atoms with Gasteiger partial charge in [-0.1, -0.05) is 37.5 Å². The number of fused-ring (bicyclic) bond motifs is 1. The number of hydrogen-bond acceptors (Lipinski definition) is 3. The minimum absolute atomic E-state index is 0.262. The molecule has 134 valence electrons. The first-order valence-corrected chi connectivity index (χ1v) is 8.97. The number of hydrogen-bond donors (Lipinski definition) is 1. The van der Waals surface area contributed by atoms with Gasteiger partial charge in [-0.3, -0.25) is 4.79 Å². The first-order chi connectivity index (χ1) is 12.6. The number of amides is 1. The monoisotopic (exact) mass is 352 g/mol. The van der Waals surface area contributed by atoms with E-state index in [1.165, 1.54) is 12.3 Å². The topological polar surface area (TPSA) is 59.3 Å². The standard InChI is InChI=1S/C20H21FN4O/c1-14-11-22-18-15(12-23-25(18)13-14)19(26)24-20(9-5-2-6-10-20)16-7-3-4-8-17(16)21/h3-4,7-8,11-13H,2,5-6,9-10H2,1H3,(H,24,26). The highest BCUT2D eigenvalue weighted by Crippen LogP contribution is 2.38. The summed E-state index contributed by atoms with van der Waals surface area (Å²) in [5.74, 6) is -0.537. The summed E-state index contributed by atoms with van der Waals surface area (Å²) in [4.78, 5) is 17.4. The normalized spacial score (nSPS) is 16.5. The smallest absolute Gasteiger partial charge is 0.257 e. The molecule has 0 radical (unpaired) electrons. The molecule has 4 rings (SSSR count). The fourth-order valence-corrected chi connectivity index (χ4v) is 3.88. The van der Waals surface area contributed by atoms with Crippen LogP contribution in [0, 0.1) is 12.7 Å². The zero-order valence-electron chi connectivity index (χ0n) is 14.7. The van der Waals surface area contributed by atoms with E-state index in [1.54, 1.807) is 22.8 Å². The van der Waals surface area contributed by atoms with Crippen LogP contribution in [0.15, 0.2) is 42.9 Å². The molecular weight excluding hydrogens is 331 g/mol. The highest BCUT2D eigenvalue weighted by molar-refractivity contribution is 6.00. The number of carbonyl (C=O) groups is 1. The Kier molecular flexibility index (Phi) is 4.18. The molecule has 2 aromatic heterocycles. The van der Waals surface area contributed by atoms with Gasteiger partial charge < -0.3 is 5.32 Å². The minimum Gasteiger partial charge on any atom is -0.342 e. The van der Waals surface area contributed by atoms with Crippen molar-refractivity contribution in [1.82, 2.24) is 19.9 Å². The second-order valence-corrected chi connectivity index (χ2v) is 7.03. The zero-order valence-corrected chi connectivity index (χ0v) is 14.7. The molecule has 0 unspecified atom stereocenters. The number of aromatic nitrogens is 3. The van der Waals surface area contributed by atoms with E-state index in [1.807, 2.05) is 19.2 Å². The number of aryl methyl sites for hydroxylation is 1. The van der Waals surface area contributed by atoms with Crippen LogP contribution in [0.3, 0.4) is 0 Å². The van der Waals surface area contributed by atoms with Gasteiger partial charge in [-0.25, -0.2) is 13.9 Å². The lowest BCUT2D eigenvalue weighted by Gasteiger charge is -2.38. The molecule has 1 N–H and O–H groups in total. The second kappa shape index (κ2) is 6.52. The predicted molar refractivity (Wildman–Crippen MR) is 96.4 cm³/mol. The number of nitrogens with zero attached hydrogens (tertiary/aromatic N) is 3. The lowest BCUT2D eigenvalue weighted by atomic mass is 9.76. The number of carbonyl (C=O) groups excluding carboxylic acids is 1. The Labute approximate surface area is 151 Å². The van der Waals surface area contributed by atoms with Crippen LogP contribution in [0.1, 0.15) is 53.6 Å². The fourth-order valence-electron chi connectivity index (χ4n) is 3.88. The zero-order chi connectivity index (χ0) is 18.1. The van der Waals surface area contributed by atoms with Gasteiger partial charge in [0.05, 0.1) is 11.7 Å². The number of nitrogens with one attached hydrogen (secondary N) is 1. The average molecular weight is 352 g/mol. The summed E-state index contributed by atoms with van der Waals surface area (Å²) in [6, 6.07) is 6.73. The van der Waals surface area contributed by atoms with Crippen LogP contribution < -0.4 is 5.32 Å². The van der Waals surface area contributed by atoms with Gasteiger partial charge in [0.25, 0.3) is 5.91 Å². The van der Waals surface area contributed by atoms with Crippen LogP contribution in [0.25, 0.3) is 5.65 Å². The summed E-state index contributed by atoms with van der Waals surface area (Å²) < 4.78 is 16.1. The Bertz CT molecular complexity index is 959. The molecule has 0 bridgehead atoms. The Morgan fingerprint density at radius 2 is 1.96 bits per heavy atom. The predicted octanol–water partition coefficient (Wildman–Crippen LogP) is 3.77. The van der Waals surface area contributed by atoms with E-state index in [9.17, 15) is 9.18 Å². The van der Waals surface area contributed by atoms with Crippen molar-refractivity contribution in [2.45, 2.75) is 44.6 Å². The van der Waals surface area contributed by atoms with Gasteiger partial charge in [-0.05, 0) is 31.4 Å². The lowest BCUT2D eigenvalue weighted by Crippen LogP contribution is -2.47. The van der Waals surface area contributed by atoms with Gasteiger partial charge in [0.1, 0.15) is 11.4 Å². The van der Waals surface area contributed by atoms with Crippen molar-refractivity contribution in [3.8, 4) is 0 Å². The first-order valence-electron chi connectivity index (χ1n) is 8.97. The SMILES string of the molecule is Cc1cnc2c(C(=O)NC3(c4ccccc4F)CCCCC3)cnn2c1. The molecule has 3 aromatic rings. The molecule has 1 amide bonds. The van der Waals surface area contributed by atoms with Crippen LogP contribution in [0.2, 0.25) is 0 Å². The molecule has 1 fully saturated rings. The van der Waals surface area contributed by atoms with E-state index in [0.717, 1.165) is 37.7 Å². The maximum absolute atomic E-state index is 14.5. The molecular formula is C20H21FN4O. The van der Waals surface area contributed by atoms with Gasteiger partial charge in [0.15, 0.2) is 5.65 Å². The fraction of sp³-hybridized carbons (Fsp3) is 0.350. The molecule has 1 aromatic carbocycles. The van der Waals surface area contributed by atoms with Gasteiger partial charge in [0.2, 0.25) is 0 Å². The Morgan fingerprint density at radius 3 is 2.73 bits per heavy atom. The van der Waals surface area contributed by atoms with Gasteiger partial charge in [-0.15, -0.1) is 0 Å². The van der Waals surface area contributed by atoms with E-state index in [4.69, 9.17) is 0 Å². The summed E-state index contributed by atoms with van der Waals surface area (Å²) in [7, 11) is 0. The minimum atomic E-state index is -0.681. The molecule has 1 saturated carbocycles. The maximum atomic E-state index is 14.5. The van der Waals surface area contributed by atoms with Crippen LogP contribution in [0.4, 0.5) is 4.39 Å². The van der Waals surface area contributed by atoms with Crippen molar-refractivity contribution >= 4 is 11.6 Å². The molecule has 1 aliphatic rings. The highest BCUT2D eigenvalue weighted by atomic mass is 19.1. The largest absolute Gasteiger partial charge is 0.342 e. The molecule has 5 nitrogen and oxygen atoms in total. The Balaban J connectivity index is 1.71. The van der Waals surface area contributed by atoms with Crippen molar-refractivity contribution in [2.75, 3.05) is 0 Å². The average Bonchev–Trinajstić information content (AvgIpc) is 3.06. The molecule has 1 aliphatic carbocycles. The molecule has 6 heteroatoms. The molecule has 0 saturated heterocycles. The third-order valence-corrected chi connectivity index (χ3v) is 5.18.